The van der Waals surface area contributed by atoms with Crippen molar-refractivity contribution in [2.45, 2.75) is 45.0 Å². The van der Waals surface area contributed by atoms with Crippen LogP contribution in [0.3, 0.4) is 0 Å². The Morgan fingerprint density at radius 1 is 1.15 bits per heavy atom. The van der Waals surface area contributed by atoms with Crippen LogP contribution in [0.1, 0.15) is 30.0 Å². The Bertz CT molecular complexity index is 1200. The Morgan fingerprint density at radius 2 is 1.91 bits per heavy atom. The fraction of sp³-hybridized carbons (Fsp3) is 0.550. The SMILES string of the molecule is O=C1CC2(CCN(c3cnc4cnn(CC(F)F)c4n3)CC2)CN1Cc1nc(C(F)(F)F)cs1. The zero-order valence-electron chi connectivity index (χ0n) is 17.8. The fourth-order valence-electron chi connectivity index (χ4n) is 4.60. The van der Waals surface area contributed by atoms with Gasteiger partial charge in [0.25, 0.3) is 6.43 Å². The van der Waals surface area contributed by atoms with Crippen LogP contribution in [0.2, 0.25) is 0 Å². The first-order chi connectivity index (χ1) is 16.1. The van der Waals surface area contributed by atoms with E-state index in [2.05, 4.69) is 20.1 Å². The number of nitrogens with zero attached hydrogens (tertiary/aromatic N) is 7. The van der Waals surface area contributed by atoms with Crippen LogP contribution in [0.15, 0.2) is 17.8 Å². The van der Waals surface area contributed by atoms with E-state index in [1.807, 2.05) is 4.90 Å². The molecule has 0 unspecified atom stereocenters. The van der Waals surface area contributed by atoms with Crippen molar-refractivity contribution in [1.82, 2.24) is 29.6 Å². The Kier molecular flexibility index (Phi) is 5.65. The summed E-state index contributed by atoms with van der Waals surface area (Å²) in [7, 11) is 0. The highest BCUT2D eigenvalue weighted by Gasteiger charge is 2.45. The second-order valence-corrected chi connectivity index (χ2v) is 9.64. The van der Waals surface area contributed by atoms with Gasteiger partial charge >= 0.3 is 6.18 Å². The molecule has 1 amide bonds. The molecule has 2 aliphatic rings. The van der Waals surface area contributed by atoms with Gasteiger partial charge < -0.3 is 9.80 Å². The van der Waals surface area contributed by atoms with Crippen molar-refractivity contribution in [3.05, 3.63) is 28.5 Å². The first kappa shape index (κ1) is 22.9. The van der Waals surface area contributed by atoms with E-state index >= 15 is 0 Å². The third-order valence-electron chi connectivity index (χ3n) is 6.37. The van der Waals surface area contributed by atoms with E-state index in [0.717, 1.165) is 21.4 Å². The molecule has 0 aliphatic carbocycles. The van der Waals surface area contributed by atoms with Crippen LogP contribution in [0.25, 0.3) is 11.2 Å². The summed E-state index contributed by atoms with van der Waals surface area (Å²) in [5.74, 6) is 0.469. The molecule has 1 spiro atoms. The smallest absolute Gasteiger partial charge is 0.355 e. The summed E-state index contributed by atoms with van der Waals surface area (Å²) < 4.78 is 65.2. The number of halogens is 5. The summed E-state index contributed by atoms with van der Waals surface area (Å²) in [6.07, 6.45) is -2.35. The van der Waals surface area contributed by atoms with Crippen LogP contribution in [0.4, 0.5) is 27.8 Å². The third kappa shape index (κ3) is 4.42. The highest BCUT2D eigenvalue weighted by molar-refractivity contribution is 7.09. The summed E-state index contributed by atoms with van der Waals surface area (Å²) in [6, 6.07) is 0. The summed E-state index contributed by atoms with van der Waals surface area (Å²) in [5.41, 5.74) is -0.463. The van der Waals surface area contributed by atoms with Crippen molar-refractivity contribution in [2.75, 3.05) is 24.5 Å². The summed E-state index contributed by atoms with van der Waals surface area (Å²) >= 11 is 0.902. The molecule has 5 rings (SSSR count). The minimum absolute atomic E-state index is 0.0707. The monoisotopic (exact) mass is 501 g/mol. The van der Waals surface area contributed by atoms with Crippen LogP contribution in [-0.4, -0.2) is 61.6 Å². The zero-order valence-corrected chi connectivity index (χ0v) is 18.6. The zero-order chi connectivity index (χ0) is 24.1. The number of amides is 1. The Morgan fingerprint density at radius 3 is 2.59 bits per heavy atom. The molecule has 34 heavy (non-hydrogen) atoms. The van der Waals surface area contributed by atoms with Crippen LogP contribution in [0, 0.1) is 5.41 Å². The highest BCUT2D eigenvalue weighted by Crippen LogP contribution is 2.42. The topological polar surface area (TPSA) is 80.0 Å². The molecule has 2 aliphatic heterocycles. The van der Waals surface area contributed by atoms with Crippen LogP contribution in [0.5, 0.6) is 0 Å². The Balaban J connectivity index is 1.24. The number of likely N-dealkylation sites (tertiary alicyclic amines) is 1. The van der Waals surface area contributed by atoms with Gasteiger partial charge in [-0.3, -0.25) is 4.79 Å². The van der Waals surface area contributed by atoms with Crippen molar-refractivity contribution in [1.29, 1.82) is 0 Å². The van der Waals surface area contributed by atoms with Gasteiger partial charge in [-0.15, -0.1) is 11.3 Å². The number of anilines is 1. The van der Waals surface area contributed by atoms with E-state index in [9.17, 15) is 26.7 Å². The number of fused-ring (bicyclic) bond motifs is 1. The number of alkyl halides is 5. The molecule has 0 bridgehead atoms. The molecule has 2 fully saturated rings. The van der Waals surface area contributed by atoms with Gasteiger partial charge in [0, 0.05) is 36.9 Å². The molecule has 0 atom stereocenters. The molecule has 3 aromatic rings. The molecule has 182 valence electrons. The lowest BCUT2D eigenvalue weighted by Crippen LogP contribution is -2.42. The largest absolute Gasteiger partial charge is 0.434 e. The first-order valence-electron chi connectivity index (χ1n) is 10.6. The normalized spacial score (nSPS) is 18.7. The number of rotatable bonds is 5. The first-order valence-corrected chi connectivity index (χ1v) is 11.5. The lowest BCUT2D eigenvalue weighted by Gasteiger charge is -2.39. The maximum Gasteiger partial charge on any atom is 0.434 e. The second-order valence-electron chi connectivity index (χ2n) is 8.69. The maximum atomic E-state index is 12.8. The lowest BCUT2D eigenvalue weighted by molar-refractivity contribution is -0.140. The molecule has 5 heterocycles. The number of aromatic nitrogens is 5. The van der Waals surface area contributed by atoms with Crippen molar-refractivity contribution in [3.63, 3.8) is 0 Å². The van der Waals surface area contributed by atoms with Crippen molar-refractivity contribution < 1.29 is 26.7 Å². The Hall–Kier alpha value is -2.90. The molecule has 0 radical (unpaired) electrons. The number of hydrogen-bond donors (Lipinski definition) is 0. The minimum atomic E-state index is -4.50. The van der Waals surface area contributed by atoms with Crippen molar-refractivity contribution in [2.24, 2.45) is 5.41 Å². The van der Waals surface area contributed by atoms with Gasteiger partial charge in [0.15, 0.2) is 11.3 Å². The minimum Gasteiger partial charge on any atom is -0.355 e. The number of carbonyl (C=O) groups excluding carboxylic acids is 1. The van der Waals surface area contributed by atoms with Crippen LogP contribution < -0.4 is 4.90 Å². The van der Waals surface area contributed by atoms with Gasteiger partial charge in [-0.05, 0) is 12.8 Å². The van der Waals surface area contributed by atoms with E-state index in [4.69, 9.17) is 0 Å². The van der Waals surface area contributed by atoms with Gasteiger partial charge in [0.2, 0.25) is 5.91 Å². The number of thiazole rings is 1. The van der Waals surface area contributed by atoms with Gasteiger partial charge in [-0.1, -0.05) is 0 Å². The number of hydrogen-bond acceptors (Lipinski definition) is 7. The van der Waals surface area contributed by atoms with E-state index in [0.29, 0.717) is 55.9 Å². The quantitative estimate of drug-likeness (QED) is 0.498. The van der Waals surface area contributed by atoms with Crippen molar-refractivity contribution in [3.8, 4) is 0 Å². The van der Waals surface area contributed by atoms with E-state index in [1.165, 1.54) is 6.20 Å². The summed E-state index contributed by atoms with van der Waals surface area (Å²) in [5, 5.41) is 5.16. The number of carbonyl (C=O) groups is 1. The molecular formula is C20H20F5N7OS. The van der Waals surface area contributed by atoms with Crippen LogP contribution >= 0.6 is 11.3 Å². The molecule has 0 saturated carbocycles. The molecule has 0 aromatic carbocycles. The van der Waals surface area contributed by atoms with Gasteiger partial charge in [-0.2, -0.15) is 18.3 Å². The molecule has 0 N–H and O–H groups in total. The number of piperidine rings is 1. The predicted octanol–water partition coefficient (Wildman–Crippen LogP) is 3.59. The summed E-state index contributed by atoms with van der Waals surface area (Å²) in [4.78, 5) is 28.6. The average Bonchev–Trinajstić information content (AvgIpc) is 3.47. The average molecular weight is 501 g/mol. The van der Waals surface area contributed by atoms with Crippen LogP contribution in [-0.2, 0) is 24.1 Å². The molecule has 2 saturated heterocycles. The molecular weight excluding hydrogens is 481 g/mol. The molecule has 14 heteroatoms. The van der Waals surface area contributed by atoms with Crippen molar-refractivity contribution >= 4 is 34.2 Å². The van der Waals surface area contributed by atoms with Gasteiger partial charge in [0.05, 0.1) is 18.9 Å². The predicted molar refractivity (Wildman–Crippen MR) is 112 cm³/mol. The van der Waals surface area contributed by atoms with Gasteiger partial charge in [0.1, 0.15) is 22.9 Å². The lowest BCUT2D eigenvalue weighted by atomic mass is 9.77. The molecule has 8 nitrogen and oxygen atoms in total. The standard InChI is InChI=1S/C20H20F5N7OS/c21-14(22)8-32-18-12(6-27-32)26-7-15(29-18)30-3-1-19(2-4-30)5-17(33)31(11-19)9-16-28-13(10-34-16)20(23,24)25/h6-7,10,14H,1-5,8-9,11H2. The Labute approximate surface area is 194 Å². The van der Waals surface area contributed by atoms with Gasteiger partial charge in [-0.25, -0.2) is 28.4 Å². The second kappa shape index (κ2) is 8.40. The van der Waals surface area contributed by atoms with E-state index in [-0.39, 0.29) is 22.9 Å². The summed E-state index contributed by atoms with van der Waals surface area (Å²) in [6.45, 7) is 1.17. The highest BCUT2D eigenvalue weighted by atomic mass is 32.1. The van der Waals surface area contributed by atoms with E-state index in [1.54, 1.807) is 11.1 Å². The third-order valence-corrected chi connectivity index (χ3v) is 7.20. The van der Waals surface area contributed by atoms with E-state index < -0.39 is 24.8 Å². The fourth-order valence-corrected chi connectivity index (χ4v) is 5.42. The maximum absolute atomic E-state index is 12.8. The molecule has 3 aromatic heterocycles.